The zero-order valence-corrected chi connectivity index (χ0v) is 21.8. The fraction of sp³-hybridized carbons (Fsp3) is 0.696. The lowest BCUT2D eigenvalue weighted by molar-refractivity contribution is -0.148. The number of nitrogens with zero attached hydrogens (tertiary/aromatic N) is 2. The van der Waals surface area contributed by atoms with E-state index >= 15 is 0 Å². The van der Waals surface area contributed by atoms with Crippen molar-refractivity contribution in [2.75, 3.05) is 32.8 Å². The van der Waals surface area contributed by atoms with Crippen LogP contribution in [0, 0.1) is 0 Å². The quantitative estimate of drug-likeness (QED) is 0.267. The van der Waals surface area contributed by atoms with Crippen LogP contribution in [0.3, 0.4) is 0 Å². The van der Waals surface area contributed by atoms with Gasteiger partial charge in [0.05, 0.1) is 0 Å². The average molecular weight is 574 g/mol. The van der Waals surface area contributed by atoms with Gasteiger partial charge < -0.3 is 9.64 Å². The van der Waals surface area contributed by atoms with Crippen molar-refractivity contribution >= 4 is 28.3 Å². The predicted molar refractivity (Wildman–Crippen MR) is 129 cm³/mol. The Hall–Kier alpha value is -1.67. The molecule has 1 aromatic carbocycles. The Morgan fingerprint density at radius 2 is 1.65 bits per heavy atom. The van der Waals surface area contributed by atoms with Crippen molar-refractivity contribution in [1.82, 2.24) is 14.7 Å². The second kappa shape index (κ2) is 11.6. The molecule has 3 fully saturated rings. The molecule has 2 N–H and O–H groups in total. The number of amides is 1. The number of sulfonamides is 1. The van der Waals surface area contributed by atoms with Crippen molar-refractivity contribution in [3.05, 3.63) is 29.8 Å². The Morgan fingerprint density at radius 3 is 2.14 bits per heavy atom. The van der Waals surface area contributed by atoms with E-state index in [1.165, 1.54) is 16.4 Å². The van der Waals surface area contributed by atoms with Gasteiger partial charge >= 0.3 is 12.3 Å². The third-order valence-electron chi connectivity index (χ3n) is 7.57. The molecule has 0 bridgehead atoms. The van der Waals surface area contributed by atoms with Gasteiger partial charge in [0, 0.05) is 32.2 Å². The first-order chi connectivity index (χ1) is 17.0. The Labute approximate surface area is 219 Å². The minimum atomic E-state index is -4.24. The van der Waals surface area contributed by atoms with Crippen molar-refractivity contribution in [2.24, 2.45) is 0 Å². The average Bonchev–Trinajstić information content (AvgIpc) is 3.73. The second-order valence-corrected chi connectivity index (χ2v) is 12.0. The maximum Gasteiger partial charge on any atom is 0.340 e. The van der Waals surface area contributed by atoms with Crippen molar-refractivity contribution in [3.63, 3.8) is 0 Å². The Balaban J connectivity index is 0.00000380. The molecule has 0 unspecified atom stereocenters. The number of benzene rings is 1. The lowest BCUT2D eigenvalue weighted by Crippen LogP contribution is -2.62. The molecule has 0 radical (unpaired) electrons. The van der Waals surface area contributed by atoms with E-state index in [0.29, 0.717) is 32.0 Å². The van der Waals surface area contributed by atoms with Crippen molar-refractivity contribution in [1.29, 1.82) is 0 Å². The zero-order valence-electron chi connectivity index (χ0n) is 20.1. The number of rotatable bonds is 9. The molecule has 1 aliphatic carbocycles. The summed E-state index contributed by atoms with van der Waals surface area (Å²) in [6.07, 6.45) is -0.466. The van der Waals surface area contributed by atoms with Crippen LogP contribution in [-0.2, 0) is 14.8 Å². The van der Waals surface area contributed by atoms with Gasteiger partial charge in [0.2, 0.25) is 10.0 Å². The smallest absolute Gasteiger partial charge is 0.340 e. The summed E-state index contributed by atoms with van der Waals surface area (Å²) in [5.74, 6) is -5.11. The van der Waals surface area contributed by atoms with Crippen molar-refractivity contribution in [3.8, 4) is 5.75 Å². The van der Waals surface area contributed by atoms with Crippen LogP contribution in [0.5, 0.6) is 5.75 Å². The van der Waals surface area contributed by atoms with Gasteiger partial charge in [-0.05, 0) is 62.1 Å². The van der Waals surface area contributed by atoms with Gasteiger partial charge in [0.1, 0.15) is 5.75 Å². The van der Waals surface area contributed by atoms with Crippen LogP contribution in [0.2, 0.25) is 0 Å². The summed E-state index contributed by atoms with van der Waals surface area (Å²) in [7, 11) is -4.05. The van der Waals surface area contributed by atoms with Gasteiger partial charge in [0.15, 0.2) is 11.4 Å². The summed E-state index contributed by atoms with van der Waals surface area (Å²) in [6, 6.07) is 6.61. The standard InChI is InChI=1S/C23H31F4N3O5S.ClH/c24-20(25)23(26,27)15-35-19-5-1-16(2-6-19)17-7-11-30(12-8-17)36(33,34)22(21(31)28-32)9-13-29(14-10-22)18-3-4-18;/h1-2,5-6,17-18,20,32H,3-4,7-15H2,(H,28,31);1H. The van der Waals surface area contributed by atoms with E-state index in [0.717, 1.165) is 18.4 Å². The number of ether oxygens (including phenoxy) is 1. The van der Waals surface area contributed by atoms with Gasteiger partial charge in [0.25, 0.3) is 5.91 Å². The number of likely N-dealkylation sites (tertiary alicyclic amines) is 1. The van der Waals surface area contributed by atoms with E-state index in [9.17, 15) is 36.0 Å². The van der Waals surface area contributed by atoms with Crippen LogP contribution in [-0.4, -0.2) is 84.7 Å². The molecule has 3 aliphatic rings. The Kier molecular flexibility index (Phi) is 9.37. The highest BCUT2D eigenvalue weighted by Gasteiger charge is 2.56. The Bertz CT molecular complexity index is 1030. The predicted octanol–water partition coefficient (Wildman–Crippen LogP) is 3.40. The summed E-state index contributed by atoms with van der Waals surface area (Å²) in [6.45, 7) is -0.0872. The number of hydroxylamine groups is 1. The molecule has 1 saturated carbocycles. The largest absolute Gasteiger partial charge is 0.487 e. The first-order valence-corrected chi connectivity index (χ1v) is 13.5. The summed E-state index contributed by atoms with van der Waals surface area (Å²) in [4.78, 5) is 14.9. The highest BCUT2D eigenvalue weighted by atomic mass is 35.5. The van der Waals surface area contributed by atoms with Gasteiger partial charge in [-0.2, -0.15) is 8.78 Å². The van der Waals surface area contributed by atoms with Crippen LogP contribution in [0.1, 0.15) is 50.0 Å². The molecular weight excluding hydrogens is 542 g/mol. The van der Waals surface area contributed by atoms with Gasteiger partial charge in [-0.15, -0.1) is 12.4 Å². The van der Waals surface area contributed by atoms with E-state index in [4.69, 9.17) is 4.74 Å². The molecule has 1 amide bonds. The second-order valence-electron chi connectivity index (χ2n) is 9.80. The van der Waals surface area contributed by atoms with Gasteiger partial charge in [-0.1, -0.05) is 12.1 Å². The third kappa shape index (κ3) is 6.16. The van der Waals surface area contributed by atoms with E-state index in [2.05, 4.69) is 4.90 Å². The summed E-state index contributed by atoms with van der Waals surface area (Å²) < 4.78 is 82.4. The third-order valence-corrected chi connectivity index (χ3v) is 10.2. The van der Waals surface area contributed by atoms with E-state index in [1.54, 1.807) is 17.6 Å². The van der Waals surface area contributed by atoms with E-state index in [1.807, 2.05) is 0 Å². The number of carbonyl (C=O) groups is 1. The van der Waals surface area contributed by atoms with Crippen molar-refractivity contribution < 1.29 is 40.7 Å². The SMILES string of the molecule is Cl.O=C(NO)C1(S(=O)(=O)N2CCC(c3ccc(OCC(F)(F)C(F)F)cc3)CC2)CCN(C2CC2)CC1. The van der Waals surface area contributed by atoms with E-state index < -0.39 is 39.6 Å². The number of carbonyl (C=O) groups excluding carboxylic acids is 1. The molecule has 0 spiro atoms. The minimum absolute atomic E-state index is 0. The fourth-order valence-electron chi connectivity index (χ4n) is 5.15. The molecule has 210 valence electrons. The summed E-state index contributed by atoms with van der Waals surface area (Å²) >= 11 is 0. The van der Waals surface area contributed by atoms with Gasteiger partial charge in [-0.3, -0.25) is 10.0 Å². The molecule has 2 heterocycles. The molecule has 4 rings (SSSR count). The molecule has 14 heteroatoms. The topological polar surface area (TPSA) is 99.2 Å². The van der Waals surface area contributed by atoms with Crippen molar-refractivity contribution in [2.45, 2.75) is 67.6 Å². The maximum absolute atomic E-state index is 13.6. The molecule has 0 atom stereocenters. The monoisotopic (exact) mass is 573 g/mol. The zero-order chi connectivity index (χ0) is 26.1. The molecule has 8 nitrogen and oxygen atoms in total. The number of halogens is 5. The number of piperidine rings is 2. The molecule has 2 saturated heterocycles. The normalized spacial score (nSPS) is 21.9. The summed E-state index contributed by atoms with van der Waals surface area (Å²) in [5.41, 5.74) is 2.43. The molecule has 2 aliphatic heterocycles. The van der Waals surface area contributed by atoms with Crippen LogP contribution >= 0.6 is 12.4 Å². The number of hydrogen-bond acceptors (Lipinski definition) is 6. The molecule has 37 heavy (non-hydrogen) atoms. The lowest BCUT2D eigenvalue weighted by Gasteiger charge is -2.43. The highest BCUT2D eigenvalue weighted by molar-refractivity contribution is 7.91. The molecule has 0 aromatic heterocycles. The first kappa shape index (κ1) is 29.9. The van der Waals surface area contributed by atoms with Crippen LogP contribution in [0.25, 0.3) is 0 Å². The lowest BCUT2D eigenvalue weighted by atomic mass is 9.90. The molecular formula is C23H32ClF4N3O5S. The van der Waals surface area contributed by atoms with Gasteiger partial charge in [-0.25, -0.2) is 27.0 Å². The fourth-order valence-corrected chi connectivity index (χ4v) is 7.31. The minimum Gasteiger partial charge on any atom is -0.487 e. The highest BCUT2D eigenvalue weighted by Crippen LogP contribution is 2.40. The summed E-state index contributed by atoms with van der Waals surface area (Å²) in [5, 5.41) is 9.34. The van der Waals surface area contributed by atoms with Crippen LogP contribution in [0.4, 0.5) is 17.6 Å². The van der Waals surface area contributed by atoms with Crippen LogP contribution < -0.4 is 10.2 Å². The Morgan fingerprint density at radius 1 is 1.08 bits per heavy atom. The maximum atomic E-state index is 13.6. The molecule has 1 aromatic rings. The first-order valence-electron chi connectivity index (χ1n) is 12.1. The number of nitrogens with one attached hydrogen (secondary N) is 1. The number of alkyl halides is 4. The van der Waals surface area contributed by atoms with E-state index in [-0.39, 0.29) is 50.0 Å². The van der Waals surface area contributed by atoms with Crippen LogP contribution in [0.15, 0.2) is 24.3 Å². The number of hydrogen-bond donors (Lipinski definition) is 2.